The van der Waals surface area contributed by atoms with Crippen LogP contribution in [-0.2, 0) is 4.79 Å². The minimum absolute atomic E-state index is 0.0273. The van der Waals surface area contributed by atoms with Gasteiger partial charge in [-0.15, -0.1) is 0 Å². The topological polar surface area (TPSA) is 68.1 Å². The maximum atomic E-state index is 12.9. The van der Waals surface area contributed by atoms with Crippen LogP contribution in [0.4, 0.5) is 5.69 Å². The maximum Gasteiger partial charge on any atom is 0.279 e. The SMILES string of the molecule is COc1cc2c(cc1NC(=O)C[NH2+]C13CC4CC(CC(C4)C1)C3)oc1ccccc12. The number of methoxy groups -OCH3 is 1. The Kier molecular flexibility index (Phi) is 4.10. The van der Waals surface area contributed by atoms with E-state index in [9.17, 15) is 4.79 Å². The van der Waals surface area contributed by atoms with Crippen molar-refractivity contribution in [1.82, 2.24) is 0 Å². The van der Waals surface area contributed by atoms with Crippen molar-refractivity contribution < 1.29 is 19.3 Å². The van der Waals surface area contributed by atoms with Crippen molar-refractivity contribution in [3.63, 3.8) is 0 Å². The summed E-state index contributed by atoms with van der Waals surface area (Å²) in [7, 11) is 1.64. The van der Waals surface area contributed by atoms with E-state index in [0.717, 1.165) is 39.7 Å². The highest BCUT2D eigenvalue weighted by atomic mass is 16.5. The average molecular weight is 406 g/mol. The summed E-state index contributed by atoms with van der Waals surface area (Å²) < 4.78 is 11.6. The first-order valence-corrected chi connectivity index (χ1v) is 11.2. The van der Waals surface area contributed by atoms with Gasteiger partial charge < -0.3 is 19.8 Å². The van der Waals surface area contributed by atoms with Gasteiger partial charge >= 0.3 is 0 Å². The molecule has 5 nitrogen and oxygen atoms in total. The van der Waals surface area contributed by atoms with Gasteiger partial charge in [-0.05, 0) is 49.1 Å². The minimum Gasteiger partial charge on any atom is -0.495 e. The molecule has 1 heterocycles. The van der Waals surface area contributed by atoms with Crippen LogP contribution in [0.15, 0.2) is 40.8 Å². The summed E-state index contributed by atoms with van der Waals surface area (Å²) in [5.74, 6) is 3.38. The fraction of sp³-hybridized carbons (Fsp3) is 0.480. The molecule has 4 bridgehead atoms. The largest absolute Gasteiger partial charge is 0.495 e. The van der Waals surface area contributed by atoms with E-state index in [4.69, 9.17) is 9.15 Å². The Morgan fingerprint density at radius 2 is 1.77 bits per heavy atom. The zero-order valence-corrected chi connectivity index (χ0v) is 17.4. The van der Waals surface area contributed by atoms with Crippen LogP contribution in [0.2, 0.25) is 0 Å². The van der Waals surface area contributed by atoms with Gasteiger partial charge in [0.25, 0.3) is 5.91 Å². The Morgan fingerprint density at radius 1 is 1.07 bits per heavy atom. The number of furan rings is 1. The fourth-order valence-electron chi connectivity index (χ4n) is 6.96. The van der Waals surface area contributed by atoms with Crippen LogP contribution in [0, 0.1) is 17.8 Å². The molecule has 2 aromatic carbocycles. The van der Waals surface area contributed by atoms with E-state index in [-0.39, 0.29) is 5.91 Å². The molecule has 3 aromatic rings. The van der Waals surface area contributed by atoms with Crippen molar-refractivity contribution in [2.75, 3.05) is 19.0 Å². The van der Waals surface area contributed by atoms with Crippen LogP contribution in [0.3, 0.4) is 0 Å². The number of nitrogens with two attached hydrogens (primary N) is 1. The van der Waals surface area contributed by atoms with Crippen LogP contribution in [0.25, 0.3) is 21.9 Å². The number of fused-ring (bicyclic) bond motifs is 3. The lowest BCUT2D eigenvalue weighted by atomic mass is 9.53. The Bertz CT molecular complexity index is 1100. The van der Waals surface area contributed by atoms with Crippen LogP contribution in [0.1, 0.15) is 38.5 Å². The van der Waals surface area contributed by atoms with Gasteiger partial charge in [0, 0.05) is 36.1 Å². The summed E-state index contributed by atoms with van der Waals surface area (Å²) >= 11 is 0. The Balaban J connectivity index is 1.20. The third kappa shape index (κ3) is 2.99. The van der Waals surface area contributed by atoms with E-state index in [1.807, 2.05) is 36.4 Å². The zero-order valence-electron chi connectivity index (χ0n) is 17.4. The molecule has 1 aromatic heterocycles. The van der Waals surface area contributed by atoms with Crippen molar-refractivity contribution in [2.24, 2.45) is 17.8 Å². The first-order valence-electron chi connectivity index (χ1n) is 11.2. The number of hydrogen-bond donors (Lipinski definition) is 2. The first kappa shape index (κ1) is 18.3. The number of carbonyl (C=O) groups is 1. The minimum atomic E-state index is 0.0273. The molecular weight excluding hydrogens is 376 g/mol. The molecule has 5 heteroatoms. The standard InChI is InChI=1S/C25H28N2O3/c1-29-23-9-19-18-4-2-3-5-21(18)30-22(19)10-20(23)27-24(28)14-26-25-11-15-6-16(12-25)8-17(7-15)13-25/h2-5,9-10,15-17,26H,6-8,11-14H2,1H3,(H,27,28)/p+1. The van der Waals surface area contributed by atoms with E-state index < -0.39 is 0 Å². The number of benzene rings is 2. The number of ether oxygens (including phenoxy) is 1. The van der Waals surface area contributed by atoms with E-state index >= 15 is 0 Å². The molecule has 0 aliphatic heterocycles. The Hall–Kier alpha value is -2.53. The van der Waals surface area contributed by atoms with E-state index in [1.165, 1.54) is 38.5 Å². The second-order valence-corrected chi connectivity index (χ2v) is 9.88. The molecule has 0 saturated heterocycles. The molecular formula is C25H29N2O3+. The van der Waals surface area contributed by atoms with Gasteiger partial charge in [-0.1, -0.05) is 18.2 Å². The van der Waals surface area contributed by atoms with Gasteiger partial charge in [-0.25, -0.2) is 0 Å². The normalized spacial score (nSPS) is 29.6. The van der Waals surface area contributed by atoms with E-state index in [2.05, 4.69) is 10.6 Å². The third-order valence-electron chi connectivity index (χ3n) is 7.78. The van der Waals surface area contributed by atoms with Gasteiger partial charge in [0.05, 0.1) is 18.3 Å². The van der Waals surface area contributed by atoms with E-state index in [1.54, 1.807) is 7.11 Å². The van der Waals surface area contributed by atoms with Gasteiger partial charge in [0.2, 0.25) is 0 Å². The molecule has 0 atom stereocenters. The maximum absolute atomic E-state index is 12.9. The van der Waals surface area contributed by atoms with Gasteiger partial charge in [0.15, 0.2) is 6.54 Å². The van der Waals surface area contributed by atoms with Crippen LogP contribution in [0.5, 0.6) is 5.75 Å². The second kappa shape index (κ2) is 6.74. The van der Waals surface area contributed by atoms with Crippen LogP contribution >= 0.6 is 0 Å². The van der Waals surface area contributed by atoms with Crippen molar-refractivity contribution in [3.05, 3.63) is 36.4 Å². The lowest BCUT2D eigenvalue weighted by molar-refractivity contribution is -0.729. The second-order valence-electron chi connectivity index (χ2n) is 9.88. The molecule has 4 saturated carbocycles. The fourth-order valence-corrected chi connectivity index (χ4v) is 6.96. The molecule has 156 valence electrons. The highest BCUT2D eigenvalue weighted by molar-refractivity contribution is 6.07. The van der Waals surface area contributed by atoms with E-state index in [0.29, 0.717) is 23.5 Å². The summed E-state index contributed by atoms with van der Waals surface area (Å²) in [6.07, 6.45) is 8.15. The number of para-hydroxylation sites is 1. The molecule has 0 spiro atoms. The number of quaternary nitrogens is 1. The quantitative estimate of drug-likeness (QED) is 0.672. The lowest BCUT2D eigenvalue weighted by Gasteiger charge is -2.54. The van der Waals surface area contributed by atoms with Gasteiger partial charge in [-0.2, -0.15) is 0 Å². The summed E-state index contributed by atoms with van der Waals surface area (Å²) in [6.45, 7) is 0.466. The van der Waals surface area contributed by atoms with Gasteiger partial charge in [-0.3, -0.25) is 4.79 Å². The molecule has 0 unspecified atom stereocenters. The van der Waals surface area contributed by atoms with Crippen molar-refractivity contribution in [3.8, 4) is 5.75 Å². The van der Waals surface area contributed by atoms with Crippen molar-refractivity contribution in [1.29, 1.82) is 0 Å². The van der Waals surface area contributed by atoms with Crippen molar-refractivity contribution in [2.45, 2.75) is 44.1 Å². The molecule has 3 N–H and O–H groups in total. The summed E-state index contributed by atoms with van der Waals surface area (Å²) in [6, 6.07) is 11.8. The molecule has 4 fully saturated rings. The van der Waals surface area contributed by atoms with Crippen LogP contribution < -0.4 is 15.4 Å². The molecule has 30 heavy (non-hydrogen) atoms. The summed E-state index contributed by atoms with van der Waals surface area (Å²) in [5.41, 5.74) is 2.58. The Morgan fingerprint density at radius 3 is 2.47 bits per heavy atom. The number of carbonyl (C=O) groups excluding carboxylic acids is 1. The Labute approximate surface area is 176 Å². The first-order chi connectivity index (χ1) is 14.6. The highest BCUT2D eigenvalue weighted by Crippen LogP contribution is 2.54. The number of rotatable bonds is 5. The number of anilines is 1. The lowest BCUT2D eigenvalue weighted by Crippen LogP contribution is -3.00. The number of nitrogens with one attached hydrogen (secondary N) is 1. The monoisotopic (exact) mass is 405 g/mol. The molecule has 4 aliphatic carbocycles. The molecule has 4 aliphatic rings. The molecule has 7 rings (SSSR count). The van der Waals surface area contributed by atoms with Crippen LogP contribution in [-0.4, -0.2) is 25.1 Å². The predicted octanol–water partition coefficient (Wildman–Crippen LogP) is 4.07. The molecule has 0 radical (unpaired) electrons. The number of hydrogen-bond acceptors (Lipinski definition) is 3. The smallest absolute Gasteiger partial charge is 0.279 e. The molecule has 1 amide bonds. The summed E-state index contributed by atoms with van der Waals surface area (Å²) in [4.78, 5) is 12.9. The zero-order chi connectivity index (χ0) is 20.3. The predicted molar refractivity (Wildman–Crippen MR) is 117 cm³/mol. The summed E-state index contributed by atoms with van der Waals surface area (Å²) in [5, 5.41) is 7.48. The average Bonchev–Trinajstić information content (AvgIpc) is 3.08. The number of amides is 1. The van der Waals surface area contributed by atoms with Crippen molar-refractivity contribution >= 4 is 33.5 Å². The van der Waals surface area contributed by atoms with Gasteiger partial charge in [0.1, 0.15) is 16.9 Å². The third-order valence-corrected chi connectivity index (χ3v) is 7.78. The highest BCUT2D eigenvalue weighted by Gasteiger charge is 2.53.